The Bertz CT molecular complexity index is 246. The third kappa shape index (κ3) is 3.70. The van der Waals surface area contributed by atoms with Gasteiger partial charge in [0.1, 0.15) is 0 Å². The number of aliphatic hydroxyl groups excluding tert-OH is 1. The van der Waals surface area contributed by atoms with E-state index in [0.29, 0.717) is 6.54 Å². The Hall–Kier alpha value is -0.670. The molecule has 0 bridgehead atoms. The number of hydrogen-bond acceptors (Lipinski definition) is 3. The van der Waals surface area contributed by atoms with Gasteiger partial charge in [-0.1, -0.05) is 0 Å². The number of hydrogen-bond donors (Lipinski definition) is 2. The maximum atomic E-state index is 9.05. The Morgan fingerprint density at radius 1 is 1.38 bits per heavy atom. The molecule has 0 saturated heterocycles. The smallest absolute Gasteiger partial charge is 0.0684 e. The predicted octanol–water partition coefficient (Wildman–Crippen LogP) is 2.20. The van der Waals surface area contributed by atoms with Crippen LogP contribution in [-0.4, -0.2) is 24.0 Å². The standard InChI is InChI=1S/C10H15NOS/c1-8(12)7-11-9-3-5-10(13-2)6-4-9/h3-6,8,11-12H,7H2,1-2H3/t8-/m1/s1. The van der Waals surface area contributed by atoms with Crippen molar-refractivity contribution in [2.45, 2.75) is 17.9 Å². The van der Waals surface area contributed by atoms with Crippen LogP contribution in [0.2, 0.25) is 0 Å². The molecule has 3 heteroatoms. The van der Waals surface area contributed by atoms with Gasteiger partial charge < -0.3 is 10.4 Å². The molecule has 13 heavy (non-hydrogen) atoms. The highest BCUT2D eigenvalue weighted by atomic mass is 32.2. The Kier molecular flexibility index (Phi) is 4.12. The van der Waals surface area contributed by atoms with E-state index in [1.807, 2.05) is 12.1 Å². The van der Waals surface area contributed by atoms with Gasteiger partial charge in [0.15, 0.2) is 0 Å². The van der Waals surface area contributed by atoms with Gasteiger partial charge in [-0.3, -0.25) is 0 Å². The van der Waals surface area contributed by atoms with E-state index in [1.54, 1.807) is 18.7 Å². The van der Waals surface area contributed by atoms with Crippen molar-refractivity contribution in [3.63, 3.8) is 0 Å². The molecule has 1 aromatic rings. The van der Waals surface area contributed by atoms with Gasteiger partial charge >= 0.3 is 0 Å². The maximum absolute atomic E-state index is 9.05. The zero-order valence-electron chi connectivity index (χ0n) is 7.95. The van der Waals surface area contributed by atoms with E-state index >= 15 is 0 Å². The van der Waals surface area contributed by atoms with Crippen LogP contribution < -0.4 is 5.32 Å². The molecule has 0 heterocycles. The monoisotopic (exact) mass is 197 g/mol. The summed E-state index contributed by atoms with van der Waals surface area (Å²) in [6.45, 7) is 2.36. The second kappa shape index (κ2) is 5.14. The lowest BCUT2D eigenvalue weighted by molar-refractivity contribution is 0.208. The molecular weight excluding hydrogens is 182 g/mol. The van der Waals surface area contributed by atoms with Gasteiger partial charge in [-0.25, -0.2) is 0 Å². The van der Waals surface area contributed by atoms with Crippen LogP contribution in [0.25, 0.3) is 0 Å². The molecule has 0 aromatic heterocycles. The topological polar surface area (TPSA) is 32.3 Å². The second-order valence-electron chi connectivity index (χ2n) is 2.96. The zero-order valence-corrected chi connectivity index (χ0v) is 8.77. The van der Waals surface area contributed by atoms with Gasteiger partial charge in [-0.15, -0.1) is 11.8 Å². The fourth-order valence-corrected chi connectivity index (χ4v) is 1.38. The highest BCUT2D eigenvalue weighted by Crippen LogP contribution is 2.17. The minimum atomic E-state index is -0.305. The third-order valence-corrected chi connectivity index (χ3v) is 2.44. The van der Waals surface area contributed by atoms with Crippen molar-refractivity contribution in [1.82, 2.24) is 0 Å². The lowest BCUT2D eigenvalue weighted by Crippen LogP contribution is -2.15. The molecule has 72 valence electrons. The highest BCUT2D eigenvalue weighted by Gasteiger charge is 1.95. The minimum Gasteiger partial charge on any atom is -0.392 e. The summed E-state index contributed by atoms with van der Waals surface area (Å²) in [4.78, 5) is 1.25. The van der Waals surface area contributed by atoms with Gasteiger partial charge in [-0.2, -0.15) is 0 Å². The number of aliphatic hydroxyl groups is 1. The minimum absolute atomic E-state index is 0.305. The summed E-state index contributed by atoms with van der Waals surface area (Å²) in [6, 6.07) is 8.17. The van der Waals surface area contributed by atoms with Crippen molar-refractivity contribution in [3.8, 4) is 0 Å². The molecule has 0 aliphatic heterocycles. The van der Waals surface area contributed by atoms with E-state index in [-0.39, 0.29) is 6.10 Å². The van der Waals surface area contributed by atoms with E-state index in [2.05, 4.69) is 23.7 Å². The van der Waals surface area contributed by atoms with Gasteiger partial charge in [0.2, 0.25) is 0 Å². The van der Waals surface area contributed by atoms with Crippen LogP contribution in [0.1, 0.15) is 6.92 Å². The molecule has 0 fully saturated rings. The van der Waals surface area contributed by atoms with Crippen molar-refractivity contribution in [2.75, 3.05) is 18.1 Å². The van der Waals surface area contributed by atoms with Crippen molar-refractivity contribution in [1.29, 1.82) is 0 Å². The first-order valence-corrected chi connectivity index (χ1v) is 5.51. The molecule has 1 atom stereocenters. The number of thioether (sulfide) groups is 1. The first-order chi connectivity index (χ1) is 6.22. The first kappa shape index (κ1) is 10.4. The average Bonchev–Trinajstić information content (AvgIpc) is 2.15. The van der Waals surface area contributed by atoms with E-state index in [0.717, 1.165) is 5.69 Å². The van der Waals surface area contributed by atoms with Crippen molar-refractivity contribution >= 4 is 17.4 Å². The molecule has 1 aromatic carbocycles. The molecule has 0 unspecified atom stereocenters. The summed E-state index contributed by atoms with van der Waals surface area (Å²) in [6.07, 6.45) is 1.75. The fourth-order valence-electron chi connectivity index (χ4n) is 0.974. The summed E-state index contributed by atoms with van der Waals surface area (Å²) < 4.78 is 0. The largest absolute Gasteiger partial charge is 0.392 e. The predicted molar refractivity (Wildman–Crippen MR) is 58.4 cm³/mol. The van der Waals surface area contributed by atoms with Crippen molar-refractivity contribution < 1.29 is 5.11 Å². The molecule has 0 saturated carbocycles. The van der Waals surface area contributed by atoms with Crippen LogP contribution in [0, 0.1) is 0 Å². The van der Waals surface area contributed by atoms with Gasteiger partial charge in [-0.05, 0) is 37.4 Å². The summed E-state index contributed by atoms with van der Waals surface area (Å²) >= 11 is 1.72. The van der Waals surface area contributed by atoms with E-state index < -0.39 is 0 Å². The maximum Gasteiger partial charge on any atom is 0.0684 e. The van der Waals surface area contributed by atoms with E-state index in [4.69, 9.17) is 5.11 Å². The van der Waals surface area contributed by atoms with Crippen LogP contribution in [-0.2, 0) is 0 Å². The average molecular weight is 197 g/mol. The molecule has 0 radical (unpaired) electrons. The molecule has 1 rings (SSSR count). The van der Waals surface area contributed by atoms with Gasteiger partial charge in [0, 0.05) is 17.1 Å². The van der Waals surface area contributed by atoms with Gasteiger partial charge in [0.05, 0.1) is 6.10 Å². The summed E-state index contributed by atoms with van der Waals surface area (Å²) in [7, 11) is 0. The lowest BCUT2D eigenvalue weighted by Gasteiger charge is -2.08. The Morgan fingerprint density at radius 2 is 2.00 bits per heavy atom. The fraction of sp³-hybridized carbons (Fsp3) is 0.400. The number of rotatable bonds is 4. The SMILES string of the molecule is CSc1ccc(NC[C@@H](C)O)cc1. The van der Waals surface area contributed by atoms with Crippen LogP contribution >= 0.6 is 11.8 Å². The Morgan fingerprint density at radius 3 is 2.46 bits per heavy atom. The Labute approximate surface area is 83.4 Å². The summed E-state index contributed by atoms with van der Waals surface area (Å²) in [5, 5.41) is 12.2. The summed E-state index contributed by atoms with van der Waals surface area (Å²) in [5.41, 5.74) is 1.05. The molecule has 0 aliphatic rings. The number of nitrogens with one attached hydrogen (secondary N) is 1. The second-order valence-corrected chi connectivity index (χ2v) is 3.84. The lowest BCUT2D eigenvalue weighted by atomic mass is 10.3. The van der Waals surface area contributed by atoms with E-state index in [1.165, 1.54) is 4.90 Å². The van der Waals surface area contributed by atoms with Crippen LogP contribution in [0.5, 0.6) is 0 Å². The molecule has 0 spiro atoms. The van der Waals surface area contributed by atoms with Gasteiger partial charge in [0.25, 0.3) is 0 Å². The Balaban J connectivity index is 2.49. The highest BCUT2D eigenvalue weighted by molar-refractivity contribution is 7.98. The quantitative estimate of drug-likeness (QED) is 0.726. The molecule has 2 nitrogen and oxygen atoms in total. The van der Waals surface area contributed by atoms with Crippen molar-refractivity contribution in [3.05, 3.63) is 24.3 Å². The zero-order chi connectivity index (χ0) is 9.68. The molecule has 2 N–H and O–H groups in total. The van der Waals surface area contributed by atoms with Crippen LogP contribution in [0.15, 0.2) is 29.2 Å². The molecule has 0 amide bonds. The van der Waals surface area contributed by atoms with Crippen molar-refractivity contribution in [2.24, 2.45) is 0 Å². The molecule has 0 aliphatic carbocycles. The number of anilines is 1. The molecular formula is C10H15NOS. The normalized spacial score (nSPS) is 12.5. The first-order valence-electron chi connectivity index (χ1n) is 4.28. The summed E-state index contributed by atoms with van der Waals surface area (Å²) in [5.74, 6) is 0. The third-order valence-electron chi connectivity index (χ3n) is 1.69. The number of benzene rings is 1. The van der Waals surface area contributed by atoms with E-state index in [9.17, 15) is 0 Å². The van der Waals surface area contributed by atoms with Crippen LogP contribution in [0.3, 0.4) is 0 Å². The van der Waals surface area contributed by atoms with Crippen LogP contribution in [0.4, 0.5) is 5.69 Å².